The van der Waals surface area contributed by atoms with Crippen LogP contribution in [0.25, 0.3) is 10.8 Å². The number of esters is 3. The summed E-state index contributed by atoms with van der Waals surface area (Å²) < 4.78 is 22.0. The van der Waals surface area contributed by atoms with E-state index in [1.807, 2.05) is 36.4 Å². The SMILES string of the molecule is CC(=O)OC[C@@H](OC(C)=O)[C@H]1O[C@H]2[C@H](NC(=O)N2c2cccc3ccccc23)[C@H]1OC(C)=O. The maximum Gasteiger partial charge on any atom is 0.324 e. The highest BCUT2D eigenvalue weighted by Gasteiger charge is 2.58. The summed E-state index contributed by atoms with van der Waals surface area (Å²) in [6.45, 7) is 3.37. The number of ether oxygens (including phenoxy) is 4. The van der Waals surface area contributed by atoms with E-state index in [-0.39, 0.29) is 6.61 Å². The number of urea groups is 1. The number of hydrogen-bond acceptors (Lipinski definition) is 8. The summed E-state index contributed by atoms with van der Waals surface area (Å²) in [7, 11) is 0. The van der Waals surface area contributed by atoms with Gasteiger partial charge in [-0.25, -0.2) is 4.79 Å². The smallest absolute Gasteiger partial charge is 0.324 e. The summed E-state index contributed by atoms with van der Waals surface area (Å²) in [4.78, 5) is 49.3. The first-order valence-electron chi connectivity index (χ1n) is 10.5. The van der Waals surface area contributed by atoms with Crippen molar-refractivity contribution in [2.24, 2.45) is 0 Å². The summed E-state index contributed by atoms with van der Waals surface area (Å²) in [5.41, 5.74) is 0.615. The van der Waals surface area contributed by atoms with E-state index in [4.69, 9.17) is 18.9 Å². The molecule has 2 aromatic carbocycles. The van der Waals surface area contributed by atoms with E-state index in [9.17, 15) is 19.2 Å². The van der Waals surface area contributed by atoms with Gasteiger partial charge in [-0.3, -0.25) is 19.3 Å². The molecule has 2 aliphatic rings. The van der Waals surface area contributed by atoms with Gasteiger partial charge >= 0.3 is 23.9 Å². The van der Waals surface area contributed by atoms with Gasteiger partial charge in [-0.1, -0.05) is 36.4 Å². The van der Waals surface area contributed by atoms with Crippen LogP contribution < -0.4 is 10.2 Å². The maximum absolute atomic E-state index is 13.0. The lowest BCUT2D eigenvalue weighted by atomic mass is 10.0. The lowest BCUT2D eigenvalue weighted by Crippen LogP contribution is -2.49. The van der Waals surface area contributed by atoms with Gasteiger partial charge < -0.3 is 24.3 Å². The van der Waals surface area contributed by atoms with Crippen LogP contribution in [0.2, 0.25) is 0 Å². The van der Waals surface area contributed by atoms with Gasteiger partial charge in [0.15, 0.2) is 18.4 Å². The predicted octanol–water partition coefficient (Wildman–Crippen LogP) is 1.89. The van der Waals surface area contributed by atoms with Crippen molar-refractivity contribution in [2.75, 3.05) is 11.5 Å². The first kappa shape index (κ1) is 22.5. The second kappa shape index (κ2) is 9.07. The van der Waals surface area contributed by atoms with E-state index < -0.39 is 54.5 Å². The minimum atomic E-state index is -1.05. The Bertz CT molecular complexity index is 1100. The molecule has 0 bridgehead atoms. The second-order valence-corrected chi connectivity index (χ2v) is 7.86. The van der Waals surface area contributed by atoms with Crippen LogP contribution in [0.5, 0.6) is 0 Å². The fourth-order valence-corrected chi connectivity index (χ4v) is 4.30. The molecule has 1 N–H and O–H groups in total. The Morgan fingerprint density at radius 1 is 1.03 bits per heavy atom. The third-order valence-corrected chi connectivity index (χ3v) is 5.51. The average molecular weight is 456 g/mol. The molecule has 0 spiro atoms. The lowest BCUT2D eigenvalue weighted by Gasteiger charge is -2.29. The van der Waals surface area contributed by atoms with Crippen molar-refractivity contribution in [3.8, 4) is 0 Å². The van der Waals surface area contributed by atoms with Crippen molar-refractivity contribution in [3.63, 3.8) is 0 Å². The molecule has 33 heavy (non-hydrogen) atoms. The van der Waals surface area contributed by atoms with E-state index in [1.54, 1.807) is 6.07 Å². The first-order chi connectivity index (χ1) is 15.8. The van der Waals surface area contributed by atoms with E-state index in [0.29, 0.717) is 5.69 Å². The summed E-state index contributed by atoms with van der Waals surface area (Å²) >= 11 is 0. The fraction of sp³-hybridized carbons (Fsp3) is 0.391. The number of nitrogens with zero attached hydrogens (tertiary/aromatic N) is 1. The van der Waals surface area contributed by atoms with E-state index in [0.717, 1.165) is 10.8 Å². The topological polar surface area (TPSA) is 120 Å². The van der Waals surface area contributed by atoms with Gasteiger partial charge in [0.05, 0.1) is 5.69 Å². The quantitative estimate of drug-likeness (QED) is 0.517. The summed E-state index contributed by atoms with van der Waals surface area (Å²) in [6.07, 6.45) is -3.86. The highest BCUT2D eigenvalue weighted by atomic mass is 16.6. The highest BCUT2D eigenvalue weighted by molar-refractivity contribution is 6.05. The van der Waals surface area contributed by atoms with Crippen LogP contribution in [0.15, 0.2) is 42.5 Å². The molecule has 0 aliphatic carbocycles. The van der Waals surface area contributed by atoms with Crippen molar-refractivity contribution in [1.29, 1.82) is 0 Å². The maximum atomic E-state index is 13.0. The Hall–Kier alpha value is -3.66. The van der Waals surface area contributed by atoms with Crippen molar-refractivity contribution >= 4 is 40.4 Å². The molecular weight excluding hydrogens is 432 g/mol. The van der Waals surface area contributed by atoms with Crippen LogP contribution >= 0.6 is 0 Å². The van der Waals surface area contributed by atoms with E-state index in [2.05, 4.69) is 5.32 Å². The molecule has 10 nitrogen and oxygen atoms in total. The Labute approximate surface area is 189 Å². The summed E-state index contributed by atoms with van der Waals surface area (Å²) in [5.74, 6) is -1.79. The molecule has 2 heterocycles. The Kier molecular flexibility index (Phi) is 6.19. The van der Waals surface area contributed by atoms with Gasteiger partial charge in [0.25, 0.3) is 0 Å². The van der Waals surface area contributed by atoms with Crippen LogP contribution in [0, 0.1) is 0 Å². The number of nitrogens with one attached hydrogen (secondary N) is 1. The molecule has 2 aliphatic heterocycles. The van der Waals surface area contributed by atoms with Crippen LogP contribution in [0.1, 0.15) is 20.8 Å². The zero-order valence-corrected chi connectivity index (χ0v) is 18.3. The fourth-order valence-electron chi connectivity index (χ4n) is 4.30. The molecule has 174 valence electrons. The molecule has 2 fully saturated rings. The van der Waals surface area contributed by atoms with E-state index >= 15 is 0 Å². The number of amides is 2. The second-order valence-electron chi connectivity index (χ2n) is 7.86. The minimum absolute atomic E-state index is 0.293. The number of benzene rings is 2. The standard InChI is InChI=1S/C23H24N2O8/c1-12(26)30-11-18(31-13(2)27)20-21(32-14(3)28)19-22(33-20)25(23(29)24-19)17-10-6-8-15-7-4-5-9-16(15)17/h4-10,18-22H,11H2,1-3H3,(H,24,29)/t18-,19-,20-,21-,22+/m1/s1. The average Bonchev–Trinajstić information content (AvgIpc) is 3.25. The van der Waals surface area contributed by atoms with Crippen molar-refractivity contribution in [3.05, 3.63) is 42.5 Å². The van der Waals surface area contributed by atoms with Gasteiger partial charge in [0.1, 0.15) is 18.8 Å². The van der Waals surface area contributed by atoms with Crippen molar-refractivity contribution < 1.29 is 38.1 Å². The zero-order chi connectivity index (χ0) is 23.7. The van der Waals surface area contributed by atoms with Crippen molar-refractivity contribution in [1.82, 2.24) is 5.32 Å². The van der Waals surface area contributed by atoms with Crippen LogP contribution in [0.3, 0.4) is 0 Å². The summed E-state index contributed by atoms with van der Waals surface area (Å²) in [5, 5.41) is 4.60. The molecule has 2 amide bonds. The van der Waals surface area contributed by atoms with Gasteiger partial charge in [0, 0.05) is 26.2 Å². The van der Waals surface area contributed by atoms with Gasteiger partial charge in [0.2, 0.25) is 0 Å². The normalized spacial score (nSPS) is 24.7. The molecule has 2 saturated heterocycles. The number of hydrogen-bond donors (Lipinski definition) is 1. The first-order valence-corrected chi connectivity index (χ1v) is 10.5. The molecule has 0 radical (unpaired) electrons. The summed E-state index contributed by atoms with van der Waals surface area (Å²) in [6, 6.07) is 12.0. The minimum Gasteiger partial charge on any atom is -0.462 e. The Morgan fingerprint density at radius 2 is 1.76 bits per heavy atom. The molecule has 0 unspecified atom stereocenters. The monoisotopic (exact) mass is 456 g/mol. The Morgan fingerprint density at radius 3 is 2.45 bits per heavy atom. The third-order valence-electron chi connectivity index (χ3n) is 5.51. The predicted molar refractivity (Wildman–Crippen MR) is 115 cm³/mol. The molecule has 0 aromatic heterocycles. The number of carbonyl (C=O) groups excluding carboxylic acids is 4. The number of carbonyl (C=O) groups is 4. The molecule has 10 heteroatoms. The Balaban J connectivity index is 1.70. The van der Waals surface area contributed by atoms with Crippen molar-refractivity contribution in [2.45, 2.75) is 51.4 Å². The zero-order valence-electron chi connectivity index (χ0n) is 18.3. The molecule has 0 saturated carbocycles. The van der Waals surface area contributed by atoms with Crippen LogP contribution in [-0.4, -0.2) is 61.1 Å². The molecule has 2 aromatic rings. The largest absolute Gasteiger partial charge is 0.462 e. The lowest BCUT2D eigenvalue weighted by molar-refractivity contribution is -0.174. The van der Waals surface area contributed by atoms with Crippen LogP contribution in [-0.2, 0) is 33.3 Å². The number of anilines is 1. The third kappa shape index (κ3) is 4.47. The number of fused-ring (bicyclic) bond motifs is 2. The molecule has 5 atom stereocenters. The number of rotatable bonds is 6. The van der Waals surface area contributed by atoms with Gasteiger partial charge in [-0.2, -0.15) is 0 Å². The van der Waals surface area contributed by atoms with Gasteiger partial charge in [-0.05, 0) is 11.5 Å². The van der Waals surface area contributed by atoms with E-state index in [1.165, 1.54) is 25.7 Å². The van der Waals surface area contributed by atoms with Gasteiger partial charge in [-0.15, -0.1) is 0 Å². The highest BCUT2D eigenvalue weighted by Crippen LogP contribution is 2.38. The molecule has 4 rings (SSSR count). The molecular formula is C23H24N2O8. The van der Waals surface area contributed by atoms with Crippen LogP contribution in [0.4, 0.5) is 10.5 Å².